The maximum absolute atomic E-state index is 10.2. The minimum Gasteiger partial charge on any atom is -0.493 e. The number of hydrogen-bond acceptors (Lipinski definition) is 5. The summed E-state index contributed by atoms with van der Waals surface area (Å²) in [7, 11) is 4.53. The smallest absolute Gasteiger partial charge is 0.203 e. The van der Waals surface area contributed by atoms with Crippen LogP contribution in [0.3, 0.4) is 0 Å². The summed E-state index contributed by atoms with van der Waals surface area (Å²) in [6, 6.07) is 5.56. The Morgan fingerprint density at radius 2 is 1.65 bits per heavy atom. The number of ether oxygens (including phenoxy) is 3. The van der Waals surface area contributed by atoms with Crippen LogP contribution in [0.25, 0.3) is 0 Å². The number of nitriles is 1. The minimum atomic E-state index is -0.785. The van der Waals surface area contributed by atoms with Crippen molar-refractivity contribution in [2.45, 2.75) is 25.9 Å². The van der Waals surface area contributed by atoms with Gasteiger partial charge in [-0.1, -0.05) is 13.8 Å². The molecule has 2 unspecified atom stereocenters. The molecule has 0 aliphatic heterocycles. The van der Waals surface area contributed by atoms with Crippen molar-refractivity contribution in [3.8, 4) is 23.3 Å². The van der Waals surface area contributed by atoms with Gasteiger partial charge in [-0.25, -0.2) is 0 Å². The van der Waals surface area contributed by atoms with Crippen LogP contribution in [-0.2, 0) is 0 Å². The molecule has 0 radical (unpaired) electrons. The number of benzene rings is 1. The summed E-state index contributed by atoms with van der Waals surface area (Å²) in [4.78, 5) is 0. The highest BCUT2D eigenvalue weighted by Crippen LogP contribution is 2.43. The van der Waals surface area contributed by atoms with E-state index in [1.807, 2.05) is 13.8 Å². The Morgan fingerprint density at radius 1 is 1.05 bits per heavy atom. The minimum absolute atomic E-state index is 0.0440. The molecule has 0 aliphatic rings. The van der Waals surface area contributed by atoms with Crippen molar-refractivity contribution < 1.29 is 19.3 Å². The molecule has 110 valence electrons. The molecular weight excluding hydrogens is 258 g/mol. The van der Waals surface area contributed by atoms with Crippen molar-refractivity contribution in [1.82, 2.24) is 0 Å². The average Bonchev–Trinajstić information content (AvgIpc) is 2.46. The van der Waals surface area contributed by atoms with Crippen LogP contribution >= 0.6 is 0 Å². The first-order valence-electron chi connectivity index (χ1n) is 6.38. The molecule has 0 fully saturated rings. The number of nitrogens with zero attached hydrogens (tertiary/aromatic N) is 1. The monoisotopic (exact) mass is 279 g/mol. The second kappa shape index (κ2) is 7.01. The van der Waals surface area contributed by atoms with Crippen LogP contribution in [0.5, 0.6) is 17.2 Å². The molecule has 1 rings (SSSR count). The van der Waals surface area contributed by atoms with Crippen LogP contribution in [0, 0.1) is 17.2 Å². The van der Waals surface area contributed by atoms with Crippen molar-refractivity contribution in [1.29, 1.82) is 5.26 Å². The molecule has 0 aliphatic carbocycles. The molecule has 1 N–H and O–H groups in total. The fraction of sp³-hybridized carbons (Fsp3) is 0.533. The first-order valence-corrected chi connectivity index (χ1v) is 6.38. The quantitative estimate of drug-likeness (QED) is 0.865. The second-order valence-corrected chi connectivity index (χ2v) is 4.76. The van der Waals surface area contributed by atoms with Crippen molar-refractivity contribution in [2.75, 3.05) is 21.3 Å². The zero-order valence-electron chi connectivity index (χ0n) is 12.5. The summed E-state index contributed by atoms with van der Waals surface area (Å²) in [6.07, 6.45) is -0.785. The lowest BCUT2D eigenvalue weighted by Crippen LogP contribution is -2.23. The van der Waals surface area contributed by atoms with Crippen LogP contribution in [-0.4, -0.2) is 32.5 Å². The van der Waals surface area contributed by atoms with Gasteiger partial charge in [-0.05, 0) is 18.1 Å². The summed E-state index contributed by atoms with van der Waals surface area (Å²) >= 11 is 0. The molecule has 1 aromatic carbocycles. The van der Waals surface area contributed by atoms with Gasteiger partial charge in [0.25, 0.3) is 0 Å². The van der Waals surface area contributed by atoms with Gasteiger partial charge in [-0.15, -0.1) is 0 Å². The molecule has 5 heteroatoms. The molecular formula is C15H21NO4. The first-order chi connectivity index (χ1) is 9.51. The number of aliphatic hydroxyl groups is 1. The van der Waals surface area contributed by atoms with E-state index in [4.69, 9.17) is 14.2 Å². The molecule has 0 spiro atoms. The highest BCUT2D eigenvalue weighted by Gasteiger charge is 2.29. The van der Waals surface area contributed by atoms with E-state index in [0.717, 1.165) is 0 Å². The van der Waals surface area contributed by atoms with Crippen molar-refractivity contribution in [3.63, 3.8) is 0 Å². The van der Waals surface area contributed by atoms with E-state index in [1.165, 1.54) is 21.3 Å². The zero-order chi connectivity index (χ0) is 15.3. The van der Waals surface area contributed by atoms with Gasteiger partial charge in [0.1, 0.15) is 5.92 Å². The summed E-state index contributed by atoms with van der Waals surface area (Å²) in [5, 5.41) is 19.6. The van der Waals surface area contributed by atoms with E-state index in [1.54, 1.807) is 12.1 Å². The summed E-state index contributed by atoms with van der Waals surface area (Å²) in [6.45, 7) is 3.73. The Morgan fingerprint density at radius 3 is 2.05 bits per heavy atom. The molecule has 5 nitrogen and oxygen atoms in total. The second-order valence-electron chi connectivity index (χ2n) is 4.76. The van der Waals surface area contributed by atoms with E-state index >= 15 is 0 Å². The molecule has 0 saturated carbocycles. The highest BCUT2D eigenvalue weighted by molar-refractivity contribution is 5.58. The molecule has 0 aromatic heterocycles. The van der Waals surface area contributed by atoms with E-state index in [9.17, 15) is 10.4 Å². The molecule has 1 aromatic rings. The Labute approximate surface area is 119 Å². The van der Waals surface area contributed by atoms with Crippen molar-refractivity contribution >= 4 is 0 Å². The van der Waals surface area contributed by atoms with E-state index in [-0.39, 0.29) is 5.92 Å². The lowest BCUT2D eigenvalue weighted by molar-refractivity contribution is 0.112. The van der Waals surface area contributed by atoms with Crippen LogP contribution in [0.2, 0.25) is 0 Å². The van der Waals surface area contributed by atoms with Gasteiger partial charge in [0.2, 0.25) is 5.75 Å². The van der Waals surface area contributed by atoms with Crippen LogP contribution < -0.4 is 14.2 Å². The predicted octanol–water partition coefficient (Wildman–Crippen LogP) is 2.34. The largest absolute Gasteiger partial charge is 0.493 e. The molecule has 0 saturated heterocycles. The molecule has 20 heavy (non-hydrogen) atoms. The van der Waals surface area contributed by atoms with E-state index < -0.39 is 12.0 Å². The Kier molecular flexibility index (Phi) is 5.66. The number of aliphatic hydroxyl groups excluding tert-OH is 1. The Hall–Kier alpha value is -1.93. The van der Waals surface area contributed by atoms with Gasteiger partial charge >= 0.3 is 0 Å². The average molecular weight is 279 g/mol. The molecule has 0 bridgehead atoms. The topological polar surface area (TPSA) is 71.7 Å². The van der Waals surface area contributed by atoms with Crippen LogP contribution in [0.15, 0.2) is 12.1 Å². The van der Waals surface area contributed by atoms with Gasteiger partial charge < -0.3 is 19.3 Å². The maximum Gasteiger partial charge on any atom is 0.203 e. The van der Waals surface area contributed by atoms with E-state index in [0.29, 0.717) is 22.8 Å². The standard InChI is InChI=1S/C15H21NO4/c1-9(2)13(17)11(8-16)10-6-7-12(18-3)15(20-5)14(10)19-4/h6-7,9,11,13,17H,1-5H3. The SMILES string of the molecule is COc1ccc(C(C#N)C(O)C(C)C)c(OC)c1OC. The fourth-order valence-corrected chi connectivity index (χ4v) is 2.08. The summed E-state index contributed by atoms with van der Waals surface area (Å²) < 4.78 is 15.9. The third-order valence-electron chi connectivity index (χ3n) is 3.23. The third-order valence-corrected chi connectivity index (χ3v) is 3.23. The van der Waals surface area contributed by atoms with Gasteiger partial charge in [0, 0.05) is 5.56 Å². The number of rotatable bonds is 6. The molecule has 0 amide bonds. The Balaban J connectivity index is 3.41. The van der Waals surface area contributed by atoms with E-state index in [2.05, 4.69) is 6.07 Å². The lowest BCUT2D eigenvalue weighted by atomic mass is 9.87. The van der Waals surface area contributed by atoms with Crippen LogP contribution in [0.4, 0.5) is 0 Å². The zero-order valence-corrected chi connectivity index (χ0v) is 12.5. The van der Waals surface area contributed by atoms with Gasteiger partial charge in [-0.3, -0.25) is 0 Å². The van der Waals surface area contributed by atoms with Gasteiger partial charge in [0.05, 0.1) is 33.5 Å². The highest BCUT2D eigenvalue weighted by atomic mass is 16.5. The first kappa shape index (κ1) is 16.1. The van der Waals surface area contributed by atoms with Gasteiger partial charge in [0.15, 0.2) is 11.5 Å². The summed E-state index contributed by atoms with van der Waals surface area (Å²) in [5.41, 5.74) is 0.592. The maximum atomic E-state index is 10.2. The number of methoxy groups -OCH3 is 3. The van der Waals surface area contributed by atoms with Crippen LogP contribution in [0.1, 0.15) is 25.3 Å². The Bertz CT molecular complexity index is 493. The third kappa shape index (κ3) is 2.97. The predicted molar refractivity (Wildman–Crippen MR) is 75.3 cm³/mol. The normalized spacial score (nSPS) is 13.5. The van der Waals surface area contributed by atoms with Gasteiger partial charge in [-0.2, -0.15) is 5.26 Å². The van der Waals surface area contributed by atoms with Crippen molar-refractivity contribution in [2.24, 2.45) is 5.92 Å². The van der Waals surface area contributed by atoms with Crippen molar-refractivity contribution in [3.05, 3.63) is 17.7 Å². The molecule has 2 atom stereocenters. The molecule has 0 heterocycles. The fourth-order valence-electron chi connectivity index (χ4n) is 2.08. The number of hydrogen-bond donors (Lipinski definition) is 1. The lowest BCUT2D eigenvalue weighted by Gasteiger charge is -2.23. The summed E-state index contributed by atoms with van der Waals surface area (Å²) in [5.74, 6) is 0.618.